The molecule has 38 nitrogen and oxygen atoms in total. The highest BCUT2D eigenvalue weighted by molar-refractivity contribution is 7.48. The Balaban J connectivity index is 0.878. The number of nitrogen functional groups attached to an aromatic ring is 3. The number of ether oxygens (including phenoxy) is 4. The number of aliphatic hydroxyl groups excluding tert-OH is 1. The molecule has 5 aromatic rings. The monoisotopic (exact) mass is 1210 g/mol. The summed E-state index contributed by atoms with van der Waals surface area (Å²) in [5.74, 6) is -0.262. The van der Waals surface area contributed by atoms with Gasteiger partial charge in [0.2, 0.25) is 0 Å². The smallest absolute Gasteiger partial charge is 0.390 e. The summed E-state index contributed by atoms with van der Waals surface area (Å²) < 4.78 is 117. The van der Waals surface area contributed by atoms with Gasteiger partial charge in [-0.25, -0.2) is 47.6 Å². The molecule has 0 saturated carbocycles. The summed E-state index contributed by atoms with van der Waals surface area (Å²) in [6.07, 6.45) is -12.5. The van der Waals surface area contributed by atoms with Gasteiger partial charge in [0.1, 0.15) is 91.1 Å². The molecular weight excluding hydrogens is 1160 g/mol. The van der Waals surface area contributed by atoms with Gasteiger partial charge in [0.05, 0.1) is 38.9 Å². The van der Waals surface area contributed by atoms with Gasteiger partial charge >= 0.3 is 48.4 Å². The van der Waals surface area contributed by atoms with Gasteiger partial charge in [-0.05, 0) is 19.1 Å². The number of aromatic nitrogens is 10. The molecule has 0 spiro atoms. The summed E-state index contributed by atoms with van der Waals surface area (Å²) in [5.41, 5.74) is 14.2. The Kier molecular flexibility index (Phi) is 17.4. The van der Waals surface area contributed by atoms with Crippen LogP contribution in [-0.4, -0.2) is 153 Å². The fourth-order valence-corrected chi connectivity index (χ4v) is 12.1. The molecule has 0 bridgehead atoms. The highest BCUT2D eigenvalue weighted by Crippen LogP contribution is 2.54. The quantitative estimate of drug-likeness (QED) is 0.0337. The first-order valence-electron chi connectivity index (χ1n) is 23.5. The Morgan fingerprint density at radius 1 is 0.613 bits per heavy atom. The number of anilines is 3. The van der Waals surface area contributed by atoms with Crippen molar-refractivity contribution >= 4 is 59.9 Å². The summed E-state index contributed by atoms with van der Waals surface area (Å²) in [7, 11) is -21.2. The third kappa shape index (κ3) is 14.1. The number of rotatable bonds is 22. The van der Waals surface area contributed by atoms with E-state index in [1.165, 1.54) is 42.5 Å². The number of hydrogen-bond donors (Lipinski definition) is 10. The molecule has 80 heavy (non-hydrogen) atoms. The molecule has 0 aliphatic carbocycles. The Bertz CT molecular complexity index is 3540. The molecule has 438 valence electrons. The fourth-order valence-electron chi connectivity index (χ4n) is 8.88. The van der Waals surface area contributed by atoms with Gasteiger partial charge in [-0.1, -0.05) is 0 Å². The van der Waals surface area contributed by atoms with E-state index in [0.29, 0.717) is 0 Å². The Morgan fingerprint density at radius 3 is 1.52 bits per heavy atom. The van der Waals surface area contributed by atoms with E-state index in [2.05, 4.69) is 29.4 Å². The Hall–Kier alpha value is -5.37. The normalized spacial score (nSPS) is 29.4. The Labute approximate surface area is 446 Å². The summed E-state index contributed by atoms with van der Waals surface area (Å²) in [4.78, 5) is 124. The zero-order valence-electron chi connectivity index (χ0n) is 41.1. The molecule has 4 aliphatic rings. The summed E-state index contributed by atoms with van der Waals surface area (Å²) >= 11 is 0. The lowest BCUT2D eigenvalue weighted by atomic mass is 10.2. The largest absolute Gasteiger partial charge is 0.472 e. The van der Waals surface area contributed by atoms with Crippen LogP contribution in [0.15, 0.2) is 62.6 Å². The lowest BCUT2D eigenvalue weighted by molar-refractivity contribution is -0.0635. The molecule has 4 saturated heterocycles. The molecule has 42 heteroatoms. The number of aliphatic hydroxyl groups is 1. The van der Waals surface area contributed by atoms with E-state index in [-0.39, 0.29) is 40.6 Å². The zero-order valence-corrected chi connectivity index (χ0v) is 44.7. The van der Waals surface area contributed by atoms with Crippen LogP contribution in [0.4, 0.5) is 17.5 Å². The van der Waals surface area contributed by atoms with E-state index in [1.807, 2.05) is 4.98 Å². The van der Waals surface area contributed by atoms with E-state index in [1.54, 1.807) is 0 Å². The van der Waals surface area contributed by atoms with Gasteiger partial charge in [-0.15, -0.1) is 0 Å². The van der Waals surface area contributed by atoms with Crippen molar-refractivity contribution in [2.24, 2.45) is 0 Å². The van der Waals surface area contributed by atoms with Crippen LogP contribution >= 0.6 is 31.3 Å². The molecule has 0 radical (unpaired) electrons. The standard InChI is InChI=1S/C38H51N13O25P4/c1-17-10-50(38(56)47-35(17)53)31-9-21(23(73-31)12-66-77(57,58)59)76-80(64,65)69-14-25-20(8-30(72-25)49-5-3-27(40)46-37(49)55)75-79(62,63)68-13-24-19(7-29(71-24)48-4-2-26(39)45-36(48)54)74-78(60,61)67-11-22-18(52)6-28(70-22)51-16-44-32-33(41)42-15-43-34(32)51/h2-5,10,15-16,18-25,28-31,52H,6-9,11-14H2,1H3,(H,60,61)(H,62,63)(H,64,65)(H2,39,45,54)(H2,40,46,55)(H2,41,42,43)(H,47,53,56)(H2,57,58,59)/t18-,19-,20-,21-,22+,23+,24+,25+,28+,29+,30+,31+/m0/s1. The number of phosphoric acid groups is 4. The van der Waals surface area contributed by atoms with Gasteiger partial charge in [0.25, 0.3) is 5.56 Å². The van der Waals surface area contributed by atoms with Crippen LogP contribution in [0.1, 0.15) is 56.2 Å². The number of fused-ring (bicyclic) bond motifs is 1. The van der Waals surface area contributed by atoms with E-state index in [0.717, 1.165) is 26.1 Å². The summed E-state index contributed by atoms with van der Waals surface area (Å²) in [5, 5.41) is 10.8. The number of H-pyrrole nitrogens is 1. The van der Waals surface area contributed by atoms with E-state index in [9.17, 15) is 67.0 Å². The van der Waals surface area contributed by atoms with Crippen molar-refractivity contribution in [1.29, 1.82) is 0 Å². The SMILES string of the molecule is Cc1cn([C@H]2C[C@H](OP(=O)(O)OC[C@H]3O[C@@H](n4ccc(N)nc4=O)C[C@@H]3OP(=O)(O)OC[C@H]3O[C@@H](n4ccc(N)nc4=O)C[C@@H]3OP(=O)(O)OC[C@H]3O[C@@H](n4cnc5c(N)ncnc54)C[C@@H]3O)[C@@H](COP(=O)(O)O)O2)c(=O)[nH]c1=O. The number of aromatic amines is 1. The number of phosphoric ester groups is 4. The second-order valence-electron chi connectivity index (χ2n) is 18.2. The minimum Gasteiger partial charge on any atom is -0.390 e. The molecule has 5 aromatic heterocycles. The lowest BCUT2D eigenvalue weighted by Gasteiger charge is -2.25. The number of imidazole rings is 1. The predicted octanol–water partition coefficient (Wildman–Crippen LogP) is -1.93. The average Bonchev–Trinajstić information content (AvgIpc) is 4.21. The molecule has 15 atom stereocenters. The van der Waals surface area contributed by atoms with Crippen LogP contribution in [0.3, 0.4) is 0 Å². The Morgan fingerprint density at radius 2 is 1.05 bits per heavy atom. The number of nitrogens with two attached hydrogens (primary N) is 3. The van der Waals surface area contributed by atoms with Crippen LogP contribution in [0.25, 0.3) is 11.2 Å². The van der Waals surface area contributed by atoms with Crippen LogP contribution < -0.4 is 39.8 Å². The topological polar surface area (TPSA) is 537 Å². The molecule has 13 N–H and O–H groups in total. The average molecular weight is 1210 g/mol. The molecule has 9 rings (SSSR count). The van der Waals surface area contributed by atoms with Crippen LogP contribution in [0.5, 0.6) is 0 Å². The van der Waals surface area contributed by atoms with E-state index >= 15 is 0 Å². The first-order chi connectivity index (χ1) is 37.6. The maximum Gasteiger partial charge on any atom is 0.472 e. The summed E-state index contributed by atoms with van der Waals surface area (Å²) in [6, 6.07) is 2.45. The number of nitrogens with zero attached hydrogens (tertiary/aromatic N) is 9. The first kappa shape index (κ1) is 59.3. The van der Waals surface area contributed by atoms with Gasteiger partial charge in [0, 0.05) is 49.8 Å². The molecule has 0 amide bonds. The van der Waals surface area contributed by atoms with Crippen molar-refractivity contribution in [2.45, 2.75) is 106 Å². The first-order valence-corrected chi connectivity index (χ1v) is 29.5. The van der Waals surface area contributed by atoms with Crippen molar-refractivity contribution in [1.82, 2.24) is 48.2 Å². The molecular formula is C38H51N13O25P4. The van der Waals surface area contributed by atoms with Crippen LogP contribution in [0, 0.1) is 6.92 Å². The third-order valence-corrected chi connectivity index (χ3v) is 16.2. The zero-order chi connectivity index (χ0) is 57.6. The molecule has 0 aromatic carbocycles. The van der Waals surface area contributed by atoms with Gasteiger partial charge < -0.3 is 65.7 Å². The van der Waals surface area contributed by atoms with Crippen LogP contribution in [0.2, 0.25) is 0 Å². The van der Waals surface area contributed by atoms with Gasteiger partial charge in [-0.2, -0.15) is 9.97 Å². The van der Waals surface area contributed by atoms with Crippen LogP contribution in [-0.2, 0) is 68.9 Å². The van der Waals surface area contributed by atoms with Gasteiger partial charge in [0.15, 0.2) is 11.5 Å². The second kappa shape index (κ2) is 23.5. The number of aryl methyl sites for hydroxylation is 1. The number of hydrogen-bond acceptors (Lipinski definition) is 28. The maximum absolute atomic E-state index is 13.9. The van der Waals surface area contributed by atoms with Crippen molar-refractivity contribution in [3.8, 4) is 0 Å². The fraction of sp³-hybridized carbons (Fsp3) is 0.553. The number of nitrogens with one attached hydrogen (secondary N) is 1. The maximum atomic E-state index is 13.9. The van der Waals surface area contributed by atoms with Crippen molar-refractivity contribution < 1.29 is 98.4 Å². The summed E-state index contributed by atoms with van der Waals surface area (Å²) in [6.45, 7) is -2.33. The van der Waals surface area contributed by atoms with Crippen molar-refractivity contribution in [3.63, 3.8) is 0 Å². The molecule has 9 heterocycles. The van der Waals surface area contributed by atoms with E-state index < -0.39 is 173 Å². The third-order valence-electron chi connectivity index (χ3n) is 12.6. The predicted molar refractivity (Wildman–Crippen MR) is 262 cm³/mol. The highest BCUT2D eigenvalue weighted by atomic mass is 31.2. The highest BCUT2D eigenvalue weighted by Gasteiger charge is 2.49. The van der Waals surface area contributed by atoms with Crippen molar-refractivity contribution in [3.05, 3.63) is 90.7 Å². The van der Waals surface area contributed by atoms with Gasteiger partial charge in [-0.3, -0.25) is 59.7 Å². The molecule has 4 aliphatic heterocycles. The lowest BCUT2D eigenvalue weighted by Crippen LogP contribution is -2.33. The minimum atomic E-state index is -5.43. The molecule has 3 unspecified atom stereocenters. The van der Waals surface area contributed by atoms with E-state index in [4.69, 9.17) is 63.3 Å². The molecule has 4 fully saturated rings. The van der Waals surface area contributed by atoms with Crippen molar-refractivity contribution in [2.75, 3.05) is 43.6 Å². The minimum absolute atomic E-state index is 0.0358. The second-order valence-corrected chi connectivity index (χ2v) is 23.6.